The highest BCUT2D eigenvalue weighted by atomic mass is 16.4. The molecular weight excluding hydrogens is 306 g/mol. The molecule has 2 aromatic rings. The molecule has 6 nitrogen and oxygen atoms in total. The predicted molar refractivity (Wildman–Crippen MR) is 91.4 cm³/mol. The van der Waals surface area contributed by atoms with E-state index in [-0.39, 0.29) is 17.5 Å². The van der Waals surface area contributed by atoms with Gasteiger partial charge in [-0.2, -0.15) is 0 Å². The zero-order valence-corrected chi connectivity index (χ0v) is 13.7. The molecule has 0 spiro atoms. The number of hydrogen-bond donors (Lipinski definition) is 1. The van der Waals surface area contributed by atoms with E-state index >= 15 is 0 Å². The van der Waals surface area contributed by atoms with Gasteiger partial charge in [0.05, 0.1) is 0 Å². The lowest BCUT2D eigenvalue weighted by molar-refractivity contribution is -0.137. The molecule has 0 amide bonds. The molecule has 0 aliphatic carbocycles. The second-order valence-corrected chi connectivity index (χ2v) is 6.52. The third-order valence-corrected chi connectivity index (χ3v) is 4.83. The van der Waals surface area contributed by atoms with Gasteiger partial charge in [0.15, 0.2) is 0 Å². The first kappa shape index (κ1) is 16.2. The highest BCUT2D eigenvalue weighted by molar-refractivity contribution is 5.66. The predicted octanol–water partition coefficient (Wildman–Crippen LogP) is 1.89. The minimum atomic E-state index is -1.05. The number of hydrogen-bond acceptors (Lipinski definition) is 4. The van der Waals surface area contributed by atoms with Gasteiger partial charge in [0.25, 0.3) is 5.56 Å². The first-order valence-electron chi connectivity index (χ1n) is 8.07. The van der Waals surface area contributed by atoms with Gasteiger partial charge in [-0.15, -0.1) is 0 Å². The van der Waals surface area contributed by atoms with E-state index < -0.39 is 5.97 Å². The van der Waals surface area contributed by atoms with E-state index in [1.165, 1.54) is 18.0 Å². The Morgan fingerprint density at radius 2 is 1.92 bits per heavy atom. The van der Waals surface area contributed by atoms with Gasteiger partial charge >= 0.3 is 5.97 Å². The molecule has 2 heterocycles. The first-order valence-corrected chi connectivity index (χ1v) is 8.07. The summed E-state index contributed by atoms with van der Waals surface area (Å²) in [4.78, 5) is 29.1. The average Bonchev–Trinajstić information content (AvgIpc) is 2.58. The van der Waals surface area contributed by atoms with Crippen molar-refractivity contribution in [3.63, 3.8) is 0 Å². The normalized spacial score (nSPS) is 16.8. The van der Waals surface area contributed by atoms with Crippen LogP contribution in [0.4, 0.5) is 5.82 Å². The minimum absolute atomic E-state index is 0.135. The van der Waals surface area contributed by atoms with Crippen LogP contribution in [0.25, 0.3) is 0 Å². The highest BCUT2D eigenvalue weighted by Gasteiger charge is 2.32. The number of aliphatic carboxylic acids is 1. The number of rotatable bonds is 4. The molecule has 1 aromatic carbocycles. The van der Waals surface area contributed by atoms with Crippen LogP contribution < -0.4 is 10.5 Å². The van der Waals surface area contributed by atoms with Crippen LogP contribution in [0.3, 0.4) is 0 Å². The summed E-state index contributed by atoms with van der Waals surface area (Å²) >= 11 is 0. The van der Waals surface area contributed by atoms with Gasteiger partial charge in [0, 0.05) is 19.2 Å². The van der Waals surface area contributed by atoms with Crippen molar-refractivity contribution in [3.05, 3.63) is 58.6 Å². The van der Waals surface area contributed by atoms with Crippen LogP contribution in [0.1, 0.15) is 25.3 Å². The molecular formula is C18H21N3O3. The monoisotopic (exact) mass is 327 g/mol. The molecule has 1 saturated heterocycles. The van der Waals surface area contributed by atoms with Gasteiger partial charge in [-0.05, 0) is 23.8 Å². The molecule has 0 saturated carbocycles. The standard InChI is InChI=1S/C18H21N3O3/c1-18(14-5-3-2-4-6-14)7-9-20(10-8-18)15-11-16(22)21(13-19-15)12-17(23)24/h2-6,11,13H,7-10,12H2,1H3,(H,23,24). The molecule has 126 valence electrons. The van der Waals surface area contributed by atoms with Crippen LogP contribution in [-0.2, 0) is 16.8 Å². The summed E-state index contributed by atoms with van der Waals surface area (Å²) < 4.78 is 1.10. The van der Waals surface area contributed by atoms with E-state index in [1.54, 1.807) is 0 Å². The Kier molecular flexibility index (Phi) is 4.38. The van der Waals surface area contributed by atoms with Crippen LogP contribution in [0.2, 0.25) is 0 Å². The van der Waals surface area contributed by atoms with Crippen LogP contribution >= 0.6 is 0 Å². The maximum Gasteiger partial charge on any atom is 0.323 e. The Morgan fingerprint density at radius 3 is 2.50 bits per heavy atom. The van der Waals surface area contributed by atoms with Gasteiger partial charge < -0.3 is 10.0 Å². The third kappa shape index (κ3) is 3.32. The van der Waals surface area contributed by atoms with Gasteiger partial charge in [-0.3, -0.25) is 14.2 Å². The Labute approximate surface area is 140 Å². The quantitative estimate of drug-likeness (QED) is 0.928. The van der Waals surface area contributed by atoms with Crippen molar-refractivity contribution in [2.45, 2.75) is 31.7 Å². The summed E-state index contributed by atoms with van der Waals surface area (Å²) in [7, 11) is 0. The molecule has 1 aliphatic rings. The third-order valence-electron chi connectivity index (χ3n) is 4.83. The van der Waals surface area contributed by atoms with Crippen molar-refractivity contribution >= 4 is 11.8 Å². The Balaban J connectivity index is 1.72. The van der Waals surface area contributed by atoms with Gasteiger partial charge in [0.2, 0.25) is 0 Å². The minimum Gasteiger partial charge on any atom is -0.480 e. The summed E-state index contributed by atoms with van der Waals surface area (Å²) in [5.74, 6) is -0.431. The lowest BCUT2D eigenvalue weighted by Crippen LogP contribution is -2.42. The van der Waals surface area contributed by atoms with Crippen LogP contribution in [0.15, 0.2) is 47.5 Å². The smallest absolute Gasteiger partial charge is 0.323 e. The van der Waals surface area contributed by atoms with Crippen molar-refractivity contribution in [1.29, 1.82) is 0 Å². The topological polar surface area (TPSA) is 75.4 Å². The molecule has 0 bridgehead atoms. The number of carboxylic acids is 1. The zero-order chi connectivity index (χ0) is 17.2. The summed E-state index contributed by atoms with van der Waals surface area (Å²) in [5.41, 5.74) is 1.14. The van der Waals surface area contributed by atoms with Gasteiger partial charge in [-0.1, -0.05) is 37.3 Å². The molecule has 6 heteroatoms. The number of carboxylic acid groups (broad SMARTS) is 1. The number of nitrogens with zero attached hydrogens (tertiary/aromatic N) is 3. The average molecular weight is 327 g/mol. The van der Waals surface area contributed by atoms with Crippen molar-refractivity contribution < 1.29 is 9.90 Å². The molecule has 24 heavy (non-hydrogen) atoms. The lowest BCUT2D eigenvalue weighted by Gasteiger charge is -2.40. The summed E-state index contributed by atoms with van der Waals surface area (Å²) in [6, 6.07) is 11.9. The van der Waals surface area contributed by atoms with E-state index in [4.69, 9.17) is 5.11 Å². The SMILES string of the molecule is CC1(c2ccccc2)CCN(c2cc(=O)n(CC(=O)O)cn2)CC1. The van der Waals surface area contributed by atoms with Crippen molar-refractivity contribution in [1.82, 2.24) is 9.55 Å². The maximum atomic E-state index is 12.0. The van der Waals surface area contributed by atoms with E-state index in [1.807, 2.05) is 6.07 Å². The molecule has 1 fully saturated rings. The number of carbonyl (C=O) groups is 1. The van der Waals surface area contributed by atoms with Crippen molar-refractivity contribution in [3.8, 4) is 0 Å². The van der Waals surface area contributed by atoms with Gasteiger partial charge in [-0.25, -0.2) is 4.98 Å². The van der Waals surface area contributed by atoms with Crippen molar-refractivity contribution in [2.24, 2.45) is 0 Å². The number of benzene rings is 1. The van der Waals surface area contributed by atoms with E-state index in [9.17, 15) is 9.59 Å². The second kappa shape index (κ2) is 6.47. The van der Waals surface area contributed by atoms with Crippen LogP contribution in [-0.4, -0.2) is 33.7 Å². The molecule has 0 radical (unpaired) electrons. The second-order valence-electron chi connectivity index (χ2n) is 6.52. The Morgan fingerprint density at radius 1 is 1.25 bits per heavy atom. The van der Waals surface area contributed by atoms with E-state index in [2.05, 4.69) is 41.1 Å². The Hall–Kier alpha value is -2.63. The molecule has 0 atom stereocenters. The van der Waals surface area contributed by atoms with Crippen LogP contribution in [0.5, 0.6) is 0 Å². The first-order chi connectivity index (χ1) is 11.5. The maximum absolute atomic E-state index is 12.0. The number of aromatic nitrogens is 2. The van der Waals surface area contributed by atoms with Gasteiger partial charge in [0.1, 0.15) is 18.7 Å². The summed E-state index contributed by atoms with van der Waals surface area (Å²) in [6.07, 6.45) is 3.28. The van der Waals surface area contributed by atoms with E-state index in [0.717, 1.165) is 30.5 Å². The molecule has 3 rings (SSSR count). The fraction of sp³-hybridized carbons (Fsp3) is 0.389. The molecule has 1 N–H and O–H groups in total. The lowest BCUT2D eigenvalue weighted by atomic mass is 9.74. The largest absolute Gasteiger partial charge is 0.480 e. The summed E-state index contributed by atoms with van der Waals surface area (Å²) in [5, 5.41) is 8.78. The van der Waals surface area contributed by atoms with Crippen molar-refractivity contribution in [2.75, 3.05) is 18.0 Å². The van der Waals surface area contributed by atoms with E-state index in [0.29, 0.717) is 5.82 Å². The fourth-order valence-electron chi connectivity index (χ4n) is 3.21. The molecule has 0 unspecified atom stereocenters. The highest BCUT2D eigenvalue weighted by Crippen LogP contribution is 2.35. The Bertz CT molecular complexity index is 778. The molecule has 1 aromatic heterocycles. The number of anilines is 1. The summed E-state index contributed by atoms with van der Waals surface area (Å²) in [6.45, 7) is 3.55. The number of piperidine rings is 1. The fourth-order valence-corrected chi connectivity index (χ4v) is 3.21. The molecule has 1 aliphatic heterocycles. The van der Waals surface area contributed by atoms with Crippen LogP contribution in [0, 0.1) is 0 Å². The zero-order valence-electron chi connectivity index (χ0n) is 13.7.